The van der Waals surface area contributed by atoms with Crippen molar-refractivity contribution in [2.75, 3.05) is 5.32 Å². The Balaban J connectivity index is 2.71. The van der Waals surface area contributed by atoms with Crippen LogP contribution in [0, 0.1) is 13.8 Å². The largest absolute Gasteiger partial charge is 0.376 e. The van der Waals surface area contributed by atoms with E-state index in [1.807, 2.05) is 13.8 Å². The summed E-state index contributed by atoms with van der Waals surface area (Å²) in [6.07, 6.45) is 1.66. The Labute approximate surface area is 92.9 Å². The first-order valence-corrected chi connectivity index (χ1v) is 5.00. The Kier molecular flexibility index (Phi) is 2.32. The topological polar surface area (TPSA) is 66.7 Å². The van der Waals surface area contributed by atoms with Gasteiger partial charge in [0, 0.05) is 0 Å². The van der Waals surface area contributed by atoms with Crippen LogP contribution in [0.2, 0.25) is 0 Å². The van der Waals surface area contributed by atoms with Crippen LogP contribution in [0.3, 0.4) is 0 Å². The third kappa shape index (κ3) is 1.66. The predicted octanol–water partition coefficient (Wildman–Crippen LogP) is 1.84. The molecule has 78 valence electrons. The monoisotopic (exact) mass is 220 g/mol. The first-order chi connectivity index (χ1) is 7.09. The molecule has 0 radical (unpaired) electrons. The maximum absolute atomic E-state index is 5.49. The van der Waals surface area contributed by atoms with Gasteiger partial charge in [-0.15, -0.1) is 0 Å². The summed E-state index contributed by atoms with van der Waals surface area (Å²) in [6, 6.07) is 2.06. The predicted molar refractivity (Wildman–Crippen MR) is 66.0 cm³/mol. The first kappa shape index (κ1) is 9.92. The number of aromatic amines is 1. The van der Waals surface area contributed by atoms with Crippen LogP contribution in [0.1, 0.15) is 11.1 Å². The number of hydrogen-bond acceptors (Lipinski definition) is 2. The normalized spacial score (nSPS) is 10.5. The second-order valence-corrected chi connectivity index (χ2v) is 3.92. The molecule has 0 saturated carbocycles. The van der Waals surface area contributed by atoms with E-state index < -0.39 is 0 Å². The number of H-pyrrole nitrogens is 1. The number of anilines is 1. The lowest BCUT2D eigenvalue weighted by Crippen LogP contribution is -2.20. The van der Waals surface area contributed by atoms with Crippen molar-refractivity contribution in [3.8, 4) is 0 Å². The molecule has 0 bridgehead atoms. The first-order valence-electron chi connectivity index (χ1n) is 4.59. The number of nitrogens with zero attached hydrogens (tertiary/aromatic N) is 1. The quantitative estimate of drug-likeness (QED) is 0.641. The van der Waals surface area contributed by atoms with Gasteiger partial charge in [-0.05, 0) is 43.3 Å². The molecular weight excluding hydrogens is 208 g/mol. The fourth-order valence-corrected chi connectivity index (χ4v) is 1.69. The standard InChI is InChI=1S/C10H12N4S/c1-5-3-7-9(13-4-12-7)8(6(5)2)14-10(11)15/h3-4H,1-2H3,(H,12,13)(H3,11,14,15). The molecule has 0 unspecified atom stereocenters. The van der Waals surface area contributed by atoms with Crippen molar-refractivity contribution >= 4 is 34.1 Å². The van der Waals surface area contributed by atoms with E-state index in [9.17, 15) is 0 Å². The third-order valence-electron chi connectivity index (χ3n) is 2.48. The van der Waals surface area contributed by atoms with Crippen molar-refractivity contribution in [3.63, 3.8) is 0 Å². The summed E-state index contributed by atoms with van der Waals surface area (Å²) in [5.74, 6) is 0. The number of rotatable bonds is 1. The fraction of sp³-hybridized carbons (Fsp3) is 0.200. The van der Waals surface area contributed by atoms with E-state index in [1.165, 1.54) is 5.56 Å². The van der Waals surface area contributed by atoms with Crippen molar-refractivity contribution in [2.24, 2.45) is 5.73 Å². The molecule has 4 N–H and O–H groups in total. The number of imidazole rings is 1. The van der Waals surface area contributed by atoms with E-state index in [0.29, 0.717) is 0 Å². The highest BCUT2D eigenvalue weighted by Gasteiger charge is 2.09. The molecule has 0 aliphatic heterocycles. The van der Waals surface area contributed by atoms with Crippen molar-refractivity contribution in [2.45, 2.75) is 13.8 Å². The maximum Gasteiger partial charge on any atom is 0.168 e. The lowest BCUT2D eigenvalue weighted by Gasteiger charge is -2.10. The van der Waals surface area contributed by atoms with Crippen LogP contribution < -0.4 is 11.1 Å². The van der Waals surface area contributed by atoms with Crippen LogP contribution in [-0.4, -0.2) is 15.1 Å². The van der Waals surface area contributed by atoms with Gasteiger partial charge in [0.05, 0.1) is 17.5 Å². The zero-order valence-electron chi connectivity index (χ0n) is 8.59. The molecule has 0 saturated heterocycles. The molecule has 0 aliphatic rings. The Morgan fingerprint density at radius 2 is 2.27 bits per heavy atom. The van der Waals surface area contributed by atoms with Gasteiger partial charge in [-0.3, -0.25) is 0 Å². The van der Waals surface area contributed by atoms with Crippen molar-refractivity contribution < 1.29 is 0 Å². The summed E-state index contributed by atoms with van der Waals surface area (Å²) in [6.45, 7) is 4.06. The average molecular weight is 220 g/mol. The zero-order chi connectivity index (χ0) is 11.0. The molecular formula is C10H12N4S. The number of nitrogens with two attached hydrogens (primary N) is 1. The number of benzene rings is 1. The van der Waals surface area contributed by atoms with E-state index in [0.717, 1.165) is 22.3 Å². The molecule has 5 heteroatoms. The van der Waals surface area contributed by atoms with Gasteiger partial charge < -0.3 is 16.0 Å². The number of nitrogens with one attached hydrogen (secondary N) is 2. The SMILES string of the molecule is Cc1cc2[nH]cnc2c(NC(N)=S)c1C. The summed E-state index contributed by atoms with van der Waals surface area (Å²) < 4.78 is 0. The summed E-state index contributed by atoms with van der Waals surface area (Å²) >= 11 is 4.85. The van der Waals surface area contributed by atoms with E-state index in [1.54, 1.807) is 6.33 Å². The van der Waals surface area contributed by atoms with Crippen LogP contribution >= 0.6 is 12.2 Å². The van der Waals surface area contributed by atoms with Gasteiger partial charge in [-0.2, -0.15) is 0 Å². The molecule has 4 nitrogen and oxygen atoms in total. The number of hydrogen-bond donors (Lipinski definition) is 3. The van der Waals surface area contributed by atoms with Crippen LogP contribution in [0.25, 0.3) is 11.0 Å². The van der Waals surface area contributed by atoms with Gasteiger partial charge >= 0.3 is 0 Å². The molecule has 0 atom stereocenters. The summed E-state index contributed by atoms with van der Waals surface area (Å²) in [4.78, 5) is 7.31. The summed E-state index contributed by atoms with van der Waals surface area (Å²) in [5.41, 5.74) is 10.5. The van der Waals surface area contributed by atoms with Crippen molar-refractivity contribution in [1.82, 2.24) is 9.97 Å². The molecule has 0 aliphatic carbocycles. The summed E-state index contributed by atoms with van der Waals surface area (Å²) in [7, 11) is 0. The molecule has 0 spiro atoms. The van der Waals surface area contributed by atoms with Gasteiger partial charge in [0.2, 0.25) is 0 Å². The van der Waals surface area contributed by atoms with E-state index >= 15 is 0 Å². The molecule has 2 rings (SSSR count). The Morgan fingerprint density at radius 3 is 2.93 bits per heavy atom. The van der Waals surface area contributed by atoms with Crippen LogP contribution in [-0.2, 0) is 0 Å². The van der Waals surface area contributed by atoms with Gasteiger partial charge in [0.1, 0.15) is 5.52 Å². The molecule has 15 heavy (non-hydrogen) atoms. The molecule has 1 heterocycles. The number of aromatic nitrogens is 2. The molecule has 1 aromatic carbocycles. The molecule has 2 aromatic rings. The smallest absolute Gasteiger partial charge is 0.168 e. The third-order valence-corrected chi connectivity index (χ3v) is 2.58. The number of fused-ring (bicyclic) bond motifs is 1. The minimum atomic E-state index is 0.257. The Bertz CT molecular complexity index is 529. The van der Waals surface area contributed by atoms with Gasteiger partial charge in [-0.1, -0.05) is 0 Å². The van der Waals surface area contributed by atoms with Gasteiger partial charge in [0.15, 0.2) is 5.11 Å². The van der Waals surface area contributed by atoms with Crippen LogP contribution in [0.4, 0.5) is 5.69 Å². The Hall–Kier alpha value is -1.62. The second-order valence-electron chi connectivity index (χ2n) is 3.48. The number of aryl methyl sites for hydroxylation is 1. The maximum atomic E-state index is 5.49. The second kappa shape index (κ2) is 3.51. The van der Waals surface area contributed by atoms with E-state index in [4.69, 9.17) is 18.0 Å². The fourth-order valence-electron chi connectivity index (χ4n) is 1.59. The minimum Gasteiger partial charge on any atom is -0.376 e. The van der Waals surface area contributed by atoms with Crippen molar-refractivity contribution in [1.29, 1.82) is 0 Å². The summed E-state index contributed by atoms with van der Waals surface area (Å²) in [5, 5.41) is 3.23. The lowest BCUT2D eigenvalue weighted by molar-refractivity contribution is 1.34. The highest BCUT2D eigenvalue weighted by atomic mass is 32.1. The van der Waals surface area contributed by atoms with Gasteiger partial charge in [0.25, 0.3) is 0 Å². The average Bonchev–Trinajstić information content (AvgIpc) is 2.59. The number of thiocarbonyl (C=S) groups is 1. The molecule has 1 aromatic heterocycles. The van der Waals surface area contributed by atoms with E-state index in [2.05, 4.69) is 21.4 Å². The van der Waals surface area contributed by atoms with Crippen LogP contribution in [0.15, 0.2) is 12.4 Å². The Morgan fingerprint density at radius 1 is 1.53 bits per heavy atom. The minimum absolute atomic E-state index is 0.257. The molecule has 0 amide bonds. The highest BCUT2D eigenvalue weighted by Crippen LogP contribution is 2.27. The van der Waals surface area contributed by atoms with E-state index in [-0.39, 0.29) is 5.11 Å². The van der Waals surface area contributed by atoms with Crippen molar-refractivity contribution in [3.05, 3.63) is 23.5 Å². The zero-order valence-corrected chi connectivity index (χ0v) is 9.40. The van der Waals surface area contributed by atoms with Crippen LogP contribution in [0.5, 0.6) is 0 Å². The highest BCUT2D eigenvalue weighted by molar-refractivity contribution is 7.80. The van der Waals surface area contributed by atoms with Gasteiger partial charge in [-0.25, -0.2) is 4.98 Å². The molecule has 0 fully saturated rings. The lowest BCUT2D eigenvalue weighted by atomic mass is 10.1.